The Morgan fingerprint density at radius 1 is 1.11 bits per heavy atom. The van der Waals surface area contributed by atoms with Gasteiger partial charge in [-0.3, -0.25) is 4.79 Å². The van der Waals surface area contributed by atoms with Gasteiger partial charge in [0.2, 0.25) is 5.91 Å². The fourth-order valence-electron chi connectivity index (χ4n) is 5.07. The molecule has 0 bridgehead atoms. The van der Waals surface area contributed by atoms with Gasteiger partial charge in [-0.1, -0.05) is 73.5 Å². The van der Waals surface area contributed by atoms with Gasteiger partial charge < -0.3 is 15.1 Å². The highest BCUT2D eigenvalue weighted by Gasteiger charge is 2.28. The van der Waals surface area contributed by atoms with Crippen LogP contribution in [0.15, 0.2) is 78.9 Å². The predicted molar refractivity (Wildman–Crippen MR) is 151 cm³/mol. The molecule has 1 aliphatic rings. The summed E-state index contributed by atoms with van der Waals surface area (Å²) < 4.78 is 0. The molecule has 5 nitrogen and oxygen atoms in total. The third kappa shape index (κ3) is 6.91. The van der Waals surface area contributed by atoms with Crippen molar-refractivity contribution in [3.63, 3.8) is 0 Å². The van der Waals surface area contributed by atoms with Crippen LogP contribution in [-0.2, 0) is 17.6 Å². The molecule has 1 saturated heterocycles. The van der Waals surface area contributed by atoms with Crippen LogP contribution < -0.4 is 0 Å². The Kier molecular flexibility index (Phi) is 9.38. The number of aliphatic hydroxyl groups is 1. The van der Waals surface area contributed by atoms with Crippen LogP contribution in [0.3, 0.4) is 0 Å². The van der Waals surface area contributed by atoms with Crippen LogP contribution in [0.5, 0.6) is 0 Å². The molecular formula is C32H34ClNO4. The lowest BCUT2D eigenvalue weighted by atomic mass is 9.94. The maximum absolute atomic E-state index is 12.5. The second-order valence-corrected chi connectivity index (χ2v) is 10.2. The zero-order chi connectivity index (χ0) is 27.1. The summed E-state index contributed by atoms with van der Waals surface area (Å²) in [5.74, 6) is -0.808. The van der Waals surface area contributed by atoms with Gasteiger partial charge in [0.25, 0.3) is 0 Å². The Labute approximate surface area is 229 Å². The largest absolute Gasteiger partial charge is 0.478 e. The maximum atomic E-state index is 12.5. The molecule has 1 heterocycles. The number of carboxylic acid groups (broad SMARTS) is 1. The number of carbonyl (C=O) groups is 2. The van der Waals surface area contributed by atoms with Crippen LogP contribution in [0.1, 0.15) is 65.8 Å². The summed E-state index contributed by atoms with van der Waals surface area (Å²) in [4.78, 5) is 25.4. The first-order chi connectivity index (χ1) is 18.4. The molecule has 0 saturated carbocycles. The highest BCUT2D eigenvalue weighted by atomic mass is 35.5. The molecule has 2 unspecified atom stereocenters. The first-order valence-electron chi connectivity index (χ1n) is 13.2. The van der Waals surface area contributed by atoms with Crippen LogP contribution in [0.25, 0.3) is 11.1 Å². The highest BCUT2D eigenvalue weighted by molar-refractivity contribution is 6.30. The third-order valence-electron chi connectivity index (χ3n) is 7.08. The number of carbonyl (C=O) groups excluding carboxylic acids is 1. The van der Waals surface area contributed by atoms with Crippen molar-refractivity contribution in [2.24, 2.45) is 0 Å². The van der Waals surface area contributed by atoms with Gasteiger partial charge in [-0.05, 0) is 83.8 Å². The van der Waals surface area contributed by atoms with E-state index in [0.717, 1.165) is 59.4 Å². The smallest absolute Gasteiger partial charge is 0.335 e. The van der Waals surface area contributed by atoms with E-state index in [0.29, 0.717) is 13.0 Å². The SMILES string of the molecule is CCCc1cc(Cl)ccc1-c1cccc(C(O)/C=C/C2CCC(=O)N2CCCc2ccc(C(=O)O)cc2)c1. The molecule has 38 heavy (non-hydrogen) atoms. The summed E-state index contributed by atoms with van der Waals surface area (Å²) in [6.45, 7) is 2.77. The lowest BCUT2D eigenvalue weighted by molar-refractivity contribution is -0.128. The number of benzene rings is 3. The van der Waals surface area contributed by atoms with Crippen LogP contribution in [0.4, 0.5) is 0 Å². The topological polar surface area (TPSA) is 77.8 Å². The Bertz CT molecular complexity index is 1300. The average molecular weight is 532 g/mol. The quantitative estimate of drug-likeness (QED) is 0.265. The molecule has 0 aliphatic carbocycles. The van der Waals surface area contributed by atoms with Gasteiger partial charge in [-0.2, -0.15) is 0 Å². The Morgan fingerprint density at radius 2 is 1.89 bits per heavy atom. The number of hydrogen-bond acceptors (Lipinski definition) is 3. The molecule has 6 heteroatoms. The van der Waals surface area contributed by atoms with Crippen molar-refractivity contribution >= 4 is 23.5 Å². The van der Waals surface area contributed by atoms with Crippen molar-refractivity contribution in [2.75, 3.05) is 6.54 Å². The second kappa shape index (κ2) is 12.9. The molecule has 3 aromatic rings. The van der Waals surface area contributed by atoms with Gasteiger partial charge in [0, 0.05) is 18.0 Å². The molecule has 2 atom stereocenters. The molecule has 198 valence electrons. The van der Waals surface area contributed by atoms with Gasteiger partial charge in [0.05, 0.1) is 17.7 Å². The normalized spacial score (nSPS) is 16.3. The fraction of sp³-hybridized carbons (Fsp3) is 0.312. The average Bonchev–Trinajstić information content (AvgIpc) is 3.27. The lowest BCUT2D eigenvalue weighted by Crippen LogP contribution is -2.33. The van der Waals surface area contributed by atoms with E-state index in [1.165, 1.54) is 5.56 Å². The number of rotatable bonds is 11. The maximum Gasteiger partial charge on any atom is 0.335 e. The van der Waals surface area contributed by atoms with Crippen molar-refractivity contribution in [1.82, 2.24) is 4.90 Å². The zero-order valence-corrected chi connectivity index (χ0v) is 22.4. The first kappa shape index (κ1) is 27.6. The number of carboxylic acids is 1. The number of aliphatic hydroxyl groups excluding tert-OH is 1. The molecule has 4 rings (SSSR count). The molecule has 0 aromatic heterocycles. The van der Waals surface area contributed by atoms with Crippen LogP contribution in [0.2, 0.25) is 5.02 Å². The van der Waals surface area contributed by atoms with E-state index in [9.17, 15) is 14.7 Å². The van der Waals surface area contributed by atoms with E-state index >= 15 is 0 Å². The number of halogens is 1. The number of likely N-dealkylation sites (tertiary alicyclic amines) is 1. The van der Waals surface area contributed by atoms with E-state index in [2.05, 4.69) is 13.0 Å². The summed E-state index contributed by atoms with van der Waals surface area (Å²) in [7, 11) is 0. The molecule has 1 aliphatic heterocycles. The van der Waals surface area contributed by atoms with Gasteiger partial charge in [0.1, 0.15) is 0 Å². The minimum absolute atomic E-state index is 0.0397. The van der Waals surface area contributed by atoms with E-state index in [4.69, 9.17) is 16.7 Å². The fourth-order valence-corrected chi connectivity index (χ4v) is 5.26. The van der Waals surface area contributed by atoms with Crippen LogP contribution in [-0.4, -0.2) is 39.6 Å². The van der Waals surface area contributed by atoms with Crippen molar-refractivity contribution in [3.05, 3.63) is 106 Å². The lowest BCUT2D eigenvalue weighted by Gasteiger charge is -2.23. The van der Waals surface area contributed by atoms with Crippen molar-refractivity contribution in [3.8, 4) is 11.1 Å². The van der Waals surface area contributed by atoms with Gasteiger partial charge in [-0.25, -0.2) is 4.79 Å². The van der Waals surface area contributed by atoms with E-state index in [-0.39, 0.29) is 17.5 Å². The molecule has 3 aromatic carbocycles. The Balaban J connectivity index is 1.39. The van der Waals surface area contributed by atoms with Gasteiger partial charge >= 0.3 is 5.97 Å². The standard InChI is InChI=1S/C32H34ClNO4/c1-2-5-24-21-27(33)13-16-29(24)25-7-3-8-26(20-25)30(35)17-14-28-15-18-31(36)34(28)19-4-6-22-9-11-23(12-10-22)32(37)38/h3,7-14,16-17,20-21,28,30,35H,2,4-6,15,18-19H2,1H3,(H,37,38)/b17-14+. The van der Waals surface area contributed by atoms with Crippen LogP contribution >= 0.6 is 11.6 Å². The number of aromatic carboxylic acids is 1. The minimum atomic E-state index is -0.936. The van der Waals surface area contributed by atoms with Crippen molar-refractivity contribution in [2.45, 2.75) is 57.6 Å². The number of nitrogens with zero attached hydrogens (tertiary/aromatic N) is 1. The molecule has 1 fully saturated rings. The zero-order valence-electron chi connectivity index (χ0n) is 21.6. The molecule has 0 spiro atoms. The minimum Gasteiger partial charge on any atom is -0.478 e. The Morgan fingerprint density at radius 3 is 2.63 bits per heavy atom. The monoisotopic (exact) mass is 531 g/mol. The summed E-state index contributed by atoms with van der Waals surface area (Å²) in [5.41, 5.74) is 5.49. The van der Waals surface area contributed by atoms with Crippen molar-refractivity contribution in [1.29, 1.82) is 0 Å². The van der Waals surface area contributed by atoms with Crippen LogP contribution in [0, 0.1) is 0 Å². The molecule has 1 amide bonds. The molecule has 2 N–H and O–H groups in total. The first-order valence-corrected chi connectivity index (χ1v) is 13.6. The summed E-state index contributed by atoms with van der Waals surface area (Å²) in [6.07, 6.45) is 7.71. The van der Waals surface area contributed by atoms with Gasteiger partial charge in [0.15, 0.2) is 0 Å². The highest BCUT2D eigenvalue weighted by Crippen LogP contribution is 2.30. The van der Waals surface area contributed by atoms with E-state index in [1.807, 2.05) is 59.5 Å². The summed E-state index contributed by atoms with van der Waals surface area (Å²) in [5, 5.41) is 20.7. The number of aryl methyl sites for hydroxylation is 2. The van der Waals surface area contributed by atoms with Gasteiger partial charge in [-0.15, -0.1) is 0 Å². The van der Waals surface area contributed by atoms with E-state index in [1.54, 1.807) is 18.2 Å². The Hall–Kier alpha value is -3.41. The molecule has 0 radical (unpaired) electrons. The number of amides is 1. The van der Waals surface area contributed by atoms with E-state index < -0.39 is 12.1 Å². The predicted octanol–water partition coefficient (Wildman–Crippen LogP) is 6.87. The second-order valence-electron chi connectivity index (χ2n) is 9.81. The number of hydrogen-bond donors (Lipinski definition) is 2. The molecular weight excluding hydrogens is 498 g/mol. The summed E-state index contributed by atoms with van der Waals surface area (Å²) >= 11 is 6.23. The third-order valence-corrected chi connectivity index (χ3v) is 7.32. The summed E-state index contributed by atoms with van der Waals surface area (Å²) in [6, 6.07) is 20.7. The van der Waals surface area contributed by atoms with Crippen molar-refractivity contribution < 1.29 is 19.8 Å².